The molecule has 0 heterocycles. The van der Waals surface area contributed by atoms with E-state index in [0.29, 0.717) is 35.8 Å². The smallest absolute Gasteiger partial charge is 0.162 e. The SMILES string of the molecule is CCOc1cc(/C=C(\C#N)c2ccc(F)cc2)c(Br)cc1OCc1ccc(Br)cc1. The molecule has 3 nitrogen and oxygen atoms in total. The monoisotopic (exact) mass is 529 g/mol. The van der Waals surface area contributed by atoms with Crippen LogP contribution in [0.15, 0.2) is 69.6 Å². The number of benzene rings is 3. The van der Waals surface area contributed by atoms with Crippen LogP contribution < -0.4 is 9.47 Å². The van der Waals surface area contributed by atoms with E-state index in [1.54, 1.807) is 18.2 Å². The van der Waals surface area contributed by atoms with Crippen LogP contribution in [0.4, 0.5) is 4.39 Å². The Bertz CT molecular complexity index is 1090. The lowest BCUT2D eigenvalue weighted by atomic mass is 10.0. The van der Waals surface area contributed by atoms with E-state index in [4.69, 9.17) is 9.47 Å². The van der Waals surface area contributed by atoms with E-state index in [-0.39, 0.29) is 5.82 Å². The maximum Gasteiger partial charge on any atom is 0.162 e. The summed E-state index contributed by atoms with van der Waals surface area (Å²) in [6.07, 6.45) is 1.73. The van der Waals surface area contributed by atoms with E-state index < -0.39 is 0 Å². The summed E-state index contributed by atoms with van der Waals surface area (Å²) < 4.78 is 26.7. The lowest BCUT2D eigenvalue weighted by Gasteiger charge is -2.14. The summed E-state index contributed by atoms with van der Waals surface area (Å²) in [5.41, 5.74) is 2.85. The molecular weight excluding hydrogens is 513 g/mol. The van der Waals surface area contributed by atoms with Crippen molar-refractivity contribution in [2.24, 2.45) is 0 Å². The molecule has 0 aliphatic carbocycles. The maximum absolute atomic E-state index is 13.2. The zero-order chi connectivity index (χ0) is 21.5. The largest absolute Gasteiger partial charge is 0.490 e. The molecule has 0 aliphatic rings. The summed E-state index contributed by atoms with van der Waals surface area (Å²) in [4.78, 5) is 0. The van der Waals surface area contributed by atoms with Gasteiger partial charge in [0.05, 0.1) is 18.2 Å². The predicted octanol–water partition coefficient (Wildman–Crippen LogP) is 7.39. The number of rotatable bonds is 7. The third-order valence-electron chi connectivity index (χ3n) is 4.25. The number of ether oxygens (including phenoxy) is 2. The second-order valence-electron chi connectivity index (χ2n) is 6.35. The summed E-state index contributed by atoms with van der Waals surface area (Å²) >= 11 is 6.98. The molecule has 0 aliphatic heterocycles. The third-order valence-corrected chi connectivity index (χ3v) is 5.46. The highest BCUT2D eigenvalue weighted by atomic mass is 79.9. The first-order valence-electron chi connectivity index (χ1n) is 9.21. The van der Waals surface area contributed by atoms with Crippen LogP contribution in [0.3, 0.4) is 0 Å². The van der Waals surface area contributed by atoms with E-state index in [9.17, 15) is 9.65 Å². The molecule has 0 saturated carbocycles. The van der Waals surface area contributed by atoms with Gasteiger partial charge in [0.2, 0.25) is 0 Å². The standard InChI is InChI=1S/C24H18Br2FNO2/c1-2-29-23-12-18(11-19(14-28)17-5-9-21(27)10-6-17)22(26)13-24(23)30-15-16-3-7-20(25)8-4-16/h3-13H,2,15H2,1H3/b19-11+. The van der Waals surface area contributed by atoms with Gasteiger partial charge in [-0.2, -0.15) is 5.26 Å². The average Bonchev–Trinajstić information content (AvgIpc) is 2.74. The first kappa shape index (κ1) is 22.1. The van der Waals surface area contributed by atoms with Crippen molar-refractivity contribution in [3.63, 3.8) is 0 Å². The Hall–Kier alpha value is -2.62. The van der Waals surface area contributed by atoms with Crippen molar-refractivity contribution in [1.82, 2.24) is 0 Å². The van der Waals surface area contributed by atoms with Crippen molar-refractivity contribution in [3.8, 4) is 17.6 Å². The molecule has 0 atom stereocenters. The van der Waals surface area contributed by atoms with Gasteiger partial charge in [-0.05, 0) is 66.1 Å². The fourth-order valence-corrected chi connectivity index (χ4v) is 3.45. The van der Waals surface area contributed by atoms with Crippen LogP contribution in [-0.4, -0.2) is 6.61 Å². The van der Waals surface area contributed by atoms with Crippen molar-refractivity contribution in [2.45, 2.75) is 13.5 Å². The van der Waals surface area contributed by atoms with Crippen molar-refractivity contribution in [2.75, 3.05) is 6.61 Å². The summed E-state index contributed by atoms with van der Waals surface area (Å²) in [6.45, 7) is 2.77. The number of nitrogens with zero attached hydrogens (tertiary/aromatic N) is 1. The number of allylic oxidation sites excluding steroid dienone is 1. The first-order valence-corrected chi connectivity index (χ1v) is 10.8. The summed E-state index contributed by atoms with van der Waals surface area (Å²) in [5.74, 6) is 0.840. The predicted molar refractivity (Wildman–Crippen MR) is 124 cm³/mol. The van der Waals surface area contributed by atoms with Crippen LogP contribution in [0.5, 0.6) is 11.5 Å². The molecule has 3 aromatic rings. The van der Waals surface area contributed by atoms with Crippen molar-refractivity contribution < 1.29 is 13.9 Å². The Balaban J connectivity index is 1.90. The topological polar surface area (TPSA) is 42.2 Å². The van der Waals surface area contributed by atoms with Crippen LogP contribution in [0.1, 0.15) is 23.6 Å². The van der Waals surface area contributed by atoms with Gasteiger partial charge in [-0.1, -0.05) is 56.1 Å². The molecule has 3 aromatic carbocycles. The maximum atomic E-state index is 13.2. The Labute approximate surface area is 192 Å². The highest BCUT2D eigenvalue weighted by Crippen LogP contribution is 2.36. The van der Waals surface area contributed by atoms with Crippen LogP contribution in [0, 0.1) is 17.1 Å². The molecule has 0 fully saturated rings. The van der Waals surface area contributed by atoms with Crippen LogP contribution in [0.2, 0.25) is 0 Å². The van der Waals surface area contributed by atoms with E-state index in [1.165, 1.54) is 12.1 Å². The normalized spacial score (nSPS) is 11.1. The molecular formula is C24H18Br2FNO2. The van der Waals surface area contributed by atoms with Gasteiger partial charge < -0.3 is 9.47 Å². The zero-order valence-electron chi connectivity index (χ0n) is 16.2. The van der Waals surface area contributed by atoms with Gasteiger partial charge in [0.15, 0.2) is 11.5 Å². The zero-order valence-corrected chi connectivity index (χ0v) is 19.3. The molecule has 0 radical (unpaired) electrons. The van der Waals surface area contributed by atoms with E-state index in [1.807, 2.05) is 43.3 Å². The van der Waals surface area contributed by atoms with E-state index >= 15 is 0 Å². The number of nitriles is 1. The van der Waals surface area contributed by atoms with Crippen LogP contribution in [0.25, 0.3) is 11.6 Å². The molecule has 0 bridgehead atoms. The Kier molecular flexibility index (Phi) is 7.67. The molecule has 6 heteroatoms. The molecule has 0 N–H and O–H groups in total. The van der Waals surface area contributed by atoms with Crippen LogP contribution in [-0.2, 0) is 6.61 Å². The minimum absolute atomic E-state index is 0.344. The fourth-order valence-electron chi connectivity index (χ4n) is 2.75. The highest BCUT2D eigenvalue weighted by Gasteiger charge is 2.12. The summed E-state index contributed by atoms with van der Waals surface area (Å²) in [5, 5.41) is 9.57. The molecule has 0 aromatic heterocycles. The van der Waals surface area contributed by atoms with Crippen molar-refractivity contribution in [3.05, 3.63) is 92.1 Å². The molecule has 152 valence electrons. The number of halogens is 3. The van der Waals surface area contributed by atoms with Gasteiger partial charge in [-0.15, -0.1) is 0 Å². The quantitative estimate of drug-likeness (QED) is 0.236. The van der Waals surface area contributed by atoms with Gasteiger partial charge in [0, 0.05) is 8.95 Å². The second kappa shape index (κ2) is 10.4. The fraction of sp³-hybridized carbons (Fsp3) is 0.125. The minimum atomic E-state index is -0.344. The van der Waals surface area contributed by atoms with Gasteiger partial charge in [-0.3, -0.25) is 0 Å². The van der Waals surface area contributed by atoms with E-state index in [0.717, 1.165) is 20.1 Å². The van der Waals surface area contributed by atoms with Gasteiger partial charge in [-0.25, -0.2) is 4.39 Å². The number of hydrogen-bond donors (Lipinski definition) is 0. The minimum Gasteiger partial charge on any atom is -0.490 e. The Morgan fingerprint density at radius 3 is 2.30 bits per heavy atom. The molecule has 30 heavy (non-hydrogen) atoms. The summed E-state index contributed by atoms with van der Waals surface area (Å²) in [7, 11) is 0. The lowest BCUT2D eigenvalue weighted by molar-refractivity contribution is 0.269. The van der Waals surface area contributed by atoms with Gasteiger partial charge >= 0.3 is 0 Å². The molecule has 0 saturated heterocycles. The number of hydrogen-bond acceptors (Lipinski definition) is 3. The molecule has 3 rings (SSSR count). The second-order valence-corrected chi connectivity index (χ2v) is 8.12. The van der Waals surface area contributed by atoms with Gasteiger partial charge in [0.25, 0.3) is 0 Å². The molecule has 0 unspecified atom stereocenters. The Morgan fingerprint density at radius 1 is 1.00 bits per heavy atom. The first-order chi connectivity index (χ1) is 14.5. The highest BCUT2D eigenvalue weighted by molar-refractivity contribution is 9.10. The Morgan fingerprint density at radius 2 is 1.67 bits per heavy atom. The van der Waals surface area contributed by atoms with Crippen LogP contribution >= 0.6 is 31.9 Å². The third kappa shape index (κ3) is 5.71. The van der Waals surface area contributed by atoms with Crippen molar-refractivity contribution in [1.29, 1.82) is 5.26 Å². The van der Waals surface area contributed by atoms with Gasteiger partial charge in [0.1, 0.15) is 12.4 Å². The van der Waals surface area contributed by atoms with E-state index in [2.05, 4.69) is 37.9 Å². The summed E-state index contributed by atoms with van der Waals surface area (Å²) in [6, 6.07) is 19.6. The van der Waals surface area contributed by atoms with Crippen molar-refractivity contribution >= 4 is 43.5 Å². The molecule has 0 amide bonds. The average molecular weight is 531 g/mol. The molecule has 0 spiro atoms. The lowest BCUT2D eigenvalue weighted by Crippen LogP contribution is -2.00.